The number of benzene rings is 1. The van der Waals surface area contributed by atoms with Crippen LogP contribution in [0.15, 0.2) is 53.9 Å². The van der Waals surface area contributed by atoms with Gasteiger partial charge in [-0.25, -0.2) is 9.50 Å². The molecule has 1 fully saturated rings. The molecule has 4 N–H and O–H groups in total. The lowest BCUT2D eigenvalue weighted by molar-refractivity contribution is -0.108. The predicted octanol–water partition coefficient (Wildman–Crippen LogP) is 0.774. The van der Waals surface area contributed by atoms with E-state index in [1.807, 2.05) is 0 Å². The number of amides is 1. The number of azide groups is 1. The topological polar surface area (TPSA) is 178 Å². The first-order valence-electron chi connectivity index (χ1n) is 8.91. The van der Waals surface area contributed by atoms with E-state index in [2.05, 4.69) is 25.4 Å². The van der Waals surface area contributed by atoms with E-state index in [0.717, 1.165) is 0 Å². The van der Waals surface area contributed by atoms with Crippen LogP contribution >= 0.6 is 0 Å². The average Bonchev–Trinajstić information content (AvgIpc) is 3.30. The molecule has 1 amide bonds. The second-order valence-corrected chi connectivity index (χ2v) is 6.65. The summed E-state index contributed by atoms with van der Waals surface area (Å²) < 4.78 is 6.94. The molecular weight excluding hydrogens is 394 g/mol. The molecular formula is C18H17N7O5. The first-order valence-corrected chi connectivity index (χ1v) is 8.91. The maximum Gasteiger partial charge on any atom is 0.256 e. The zero-order chi connectivity index (χ0) is 21.3. The highest BCUT2D eigenvalue weighted by Crippen LogP contribution is 2.41. The molecule has 4 atom stereocenters. The minimum Gasteiger partial charge on any atom is -0.393 e. The fourth-order valence-corrected chi connectivity index (χ4v) is 3.38. The molecule has 12 nitrogen and oxygen atoms in total. The highest BCUT2D eigenvalue weighted by Gasteiger charge is 2.55. The van der Waals surface area contributed by atoms with Crippen molar-refractivity contribution in [3.05, 3.63) is 70.5 Å². The minimum atomic E-state index is -2.03. The van der Waals surface area contributed by atoms with Crippen LogP contribution in [0.1, 0.15) is 22.2 Å². The Hall–Kier alpha value is -3.54. The Kier molecular flexibility index (Phi) is 5.08. The second kappa shape index (κ2) is 7.71. The number of hydrogen-bond donors (Lipinski definition) is 4. The maximum atomic E-state index is 12.5. The zero-order valence-electron chi connectivity index (χ0n) is 15.4. The lowest BCUT2D eigenvalue weighted by Crippen LogP contribution is -2.44. The van der Waals surface area contributed by atoms with E-state index in [9.17, 15) is 20.1 Å². The molecule has 3 heterocycles. The molecule has 0 bridgehead atoms. The number of aliphatic hydroxyl groups is 3. The maximum absolute atomic E-state index is 12.5. The summed E-state index contributed by atoms with van der Waals surface area (Å²) >= 11 is 0. The van der Waals surface area contributed by atoms with Crippen LogP contribution in [0.4, 0.5) is 5.82 Å². The third-order valence-corrected chi connectivity index (χ3v) is 4.91. The Bertz CT molecular complexity index is 1130. The first kappa shape index (κ1) is 19.8. The number of fused-ring (bicyclic) bond motifs is 1. The van der Waals surface area contributed by atoms with Crippen LogP contribution in [0.2, 0.25) is 0 Å². The monoisotopic (exact) mass is 411 g/mol. The van der Waals surface area contributed by atoms with Crippen molar-refractivity contribution in [1.29, 1.82) is 0 Å². The van der Waals surface area contributed by atoms with Gasteiger partial charge in [-0.1, -0.05) is 23.3 Å². The van der Waals surface area contributed by atoms with Gasteiger partial charge in [0.15, 0.2) is 11.5 Å². The minimum absolute atomic E-state index is 0.224. The molecule has 0 saturated carbocycles. The fraction of sp³-hybridized carbons (Fsp3) is 0.278. The Morgan fingerprint density at radius 1 is 1.30 bits per heavy atom. The molecule has 2 aromatic heterocycles. The lowest BCUT2D eigenvalue weighted by Gasteiger charge is -2.23. The largest absolute Gasteiger partial charge is 0.393 e. The smallest absolute Gasteiger partial charge is 0.256 e. The van der Waals surface area contributed by atoms with Crippen LogP contribution in [0.25, 0.3) is 16.0 Å². The summed E-state index contributed by atoms with van der Waals surface area (Å²) in [4.78, 5) is 19.1. The standard InChI is InChI=1S/C18H17N7O5/c19-24-23-18(8-26)15(28)13(27)14(30-18)11-6-7-12-16(20-9-21-25(11)12)22-17(29)10-4-2-1-3-5-10/h1-7,9,13-15,26-28H,8H2,(H,20,21,22,29)/t13-,14-,15-,18+/m0/s1. The first-order chi connectivity index (χ1) is 14.5. The Labute approximate surface area is 169 Å². The van der Waals surface area contributed by atoms with Gasteiger partial charge < -0.3 is 25.4 Å². The fourth-order valence-electron chi connectivity index (χ4n) is 3.38. The van der Waals surface area contributed by atoms with Gasteiger partial charge in [-0.3, -0.25) is 4.79 Å². The van der Waals surface area contributed by atoms with Gasteiger partial charge in [-0.15, -0.1) is 0 Å². The van der Waals surface area contributed by atoms with Crippen molar-refractivity contribution in [3.63, 3.8) is 0 Å². The van der Waals surface area contributed by atoms with Gasteiger partial charge in [0.05, 0.1) is 12.3 Å². The van der Waals surface area contributed by atoms with Crippen LogP contribution in [0, 0.1) is 0 Å². The SMILES string of the molecule is [N-]=[N+]=N[C@]1(CO)O[C@@H](c2ccc3c(NC(=O)c4ccccc4)ncnn23)[C@H](O)[C@@H]1O. The number of hydrogen-bond acceptors (Lipinski definition) is 8. The van der Waals surface area contributed by atoms with Crippen molar-refractivity contribution in [2.24, 2.45) is 5.11 Å². The molecule has 1 aliphatic rings. The summed E-state index contributed by atoms with van der Waals surface area (Å²) in [6.07, 6.45) is -3.11. The van der Waals surface area contributed by atoms with Crippen molar-refractivity contribution in [1.82, 2.24) is 14.6 Å². The Morgan fingerprint density at radius 2 is 2.07 bits per heavy atom. The van der Waals surface area contributed by atoms with E-state index >= 15 is 0 Å². The van der Waals surface area contributed by atoms with E-state index in [0.29, 0.717) is 16.8 Å². The van der Waals surface area contributed by atoms with Crippen molar-refractivity contribution in [2.75, 3.05) is 11.9 Å². The summed E-state index contributed by atoms with van der Waals surface area (Å²) in [5.41, 5.74) is 7.87. The summed E-state index contributed by atoms with van der Waals surface area (Å²) in [5, 5.41) is 40.5. The summed E-state index contributed by atoms with van der Waals surface area (Å²) in [6, 6.07) is 11.7. The number of rotatable bonds is 5. The van der Waals surface area contributed by atoms with Crippen LogP contribution in [0.5, 0.6) is 0 Å². The Balaban J connectivity index is 1.69. The number of nitrogens with zero attached hydrogens (tertiary/aromatic N) is 6. The van der Waals surface area contributed by atoms with Gasteiger partial charge in [0.25, 0.3) is 5.91 Å². The summed E-state index contributed by atoms with van der Waals surface area (Å²) in [6.45, 7) is -0.831. The number of ether oxygens (including phenoxy) is 1. The summed E-state index contributed by atoms with van der Waals surface area (Å²) in [5.74, 6) is -0.143. The van der Waals surface area contributed by atoms with Crippen LogP contribution in [-0.4, -0.2) is 60.4 Å². The van der Waals surface area contributed by atoms with Gasteiger partial charge >= 0.3 is 0 Å². The van der Waals surface area contributed by atoms with Crippen LogP contribution in [0.3, 0.4) is 0 Å². The third-order valence-electron chi connectivity index (χ3n) is 4.91. The molecule has 1 aliphatic heterocycles. The van der Waals surface area contributed by atoms with E-state index in [1.54, 1.807) is 42.5 Å². The van der Waals surface area contributed by atoms with E-state index in [1.165, 1.54) is 10.8 Å². The number of carbonyl (C=O) groups is 1. The van der Waals surface area contributed by atoms with Crippen molar-refractivity contribution < 1.29 is 24.9 Å². The molecule has 3 aromatic rings. The lowest BCUT2D eigenvalue weighted by atomic mass is 10.0. The molecule has 1 aromatic carbocycles. The number of anilines is 1. The molecule has 0 radical (unpaired) electrons. The van der Waals surface area contributed by atoms with Gasteiger partial charge in [0.2, 0.25) is 0 Å². The van der Waals surface area contributed by atoms with Crippen molar-refractivity contribution >= 4 is 17.2 Å². The number of aliphatic hydroxyl groups excluding tert-OH is 3. The van der Waals surface area contributed by atoms with Crippen molar-refractivity contribution in [3.8, 4) is 0 Å². The molecule has 30 heavy (non-hydrogen) atoms. The Morgan fingerprint density at radius 3 is 2.77 bits per heavy atom. The highest BCUT2D eigenvalue weighted by molar-refractivity contribution is 6.05. The van der Waals surface area contributed by atoms with Crippen molar-refractivity contribution in [2.45, 2.75) is 24.0 Å². The number of aromatic nitrogens is 3. The van der Waals surface area contributed by atoms with E-state index in [4.69, 9.17) is 10.3 Å². The molecule has 1 saturated heterocycles. The molecule has 0 spiro atoms. The van der Waals surface area contributed by atoms with Gasteiger partial charge in [-0.05, 0) is 29.8 Å². The van der Waals surface area contributed by atoms with Crippen LogP contribution < -0.4 is 5.32 Å². The predicted molar refractivity (Wildman–Crippen MR) is 102 cm³/mol. The molecule has 12 heteroatoms. The van der Waals surface area contributed by atoms with Gasteiger partial charge in [-0.2, -0.15) is 5.10 Å². The van der Waals surface area contributed by atoms with Gasteiger partial charge in [0, 0.05) is 10.5 Å². The van der Waals surface area contributed by atoms with Gasteiger partial charge in [0.1, 0.15) is 30.2 Å². The molecule has 0 aliphatic carbocycles. The molecule has 154 valence electrons. The number of carbonyl (C=O) groups excluding carboxylic acids is 1. The quantitative estimate of drug-likeness (QED) is 0.272. The summed E-state index contributed by atoms with van der Waals surface area (Å²) in [7, 11) is 0. The van der Waals surface area contributed by atoms with E-state index in [-0.39, 0.29) is 11.7 Å². The second-order valence-electron chi connectivity index (χ2n) is 6.65. The average molecular weight is 411 g/mol. The zero-order valence-corrected chi connectivity index (χ0v) is 15.4. The van der Waals surface area contributed by atoms with Crippen LogP contribution in [-0.2, 0) is 4.74 Å². The number of nitrogens with one attached hydrogen (secondary N) is 1. The third kappa shape index (κ3) is 3.14. The molecule has 4 rings (SSSR count). The highest BCUT2D eigenvalue weighted by atomic mass is 16.6. The normalized spacial score (nSPS) is 25.8. The van der Waals surface area contributed by atoms with E-state index < -0.39 is 30.6 Å². The molecule has 0 unspecified atom stereocenters.